The lowest BCUT2D eigenvalue weighted by atomic mass is 10.4. The van der Waals surface area contributed by atoms with Crippen LogP contribution < -0.4 is 5.73 Å². The molecule has 7 heavy (non-hydrogen) atoms. The number of ether oxygens (including phenoxy) is 1. The van der Waals surface area contributed by atoms with Crippen LogP contribution in [-0.2, 0) is 4.74 Å². The van der Waals surface area contributed by atoms with Crippen LogP contribution in [0.3, 0.4) is 0 Å². The topological polar surface area (TPSA) is 35.2 Å². The lowest BCUT2D eigenvalue weighted by molar-refractivity contribution is 0.190. The molecule has 1 unspecified atom stereocenters. The highest BCUT2D eigenvalue weighted by Crippen LogP contribution is 1.93. The van der Waals surface area contributed by atoms with Gasteiger partial charge in [0.1, 0.15) is 0 Å². The van der Waals surface area contributed by atoms with Crippen molar-refractivity contribution in [3.63, 3.8) is 0 Å². The molecular weight excluding hydrogens is 90.1 g/mol. The van der Waals surface area contributed by atoms with Crippen LogP contribution >= 0.6 is 0 Å². The third-order valence-electron chi connectivity index (χ3n) is 0.726. The summed E-state index contributed by atoms with van der Waals surface area (Å²) in [6, 6.07) is 0. The zero-order valence-corrected chi connectivity index (χ0v) is 3.87. The van der Waals surface area contributed by atoms with Crippen LogP contribution in [-0.4, -0.2) is 6.23 Å². The molecule has 2 heteroatoms. The zero-order valence-electron chi connectivity index (χ0n) is 3.87. The van der Waals surface area contributed by atoms with E-state index in [1.807, 2.05) is 6.08 Å². The average Bonchev–Trinajstić information content (AvgIpc) is 1.69. The van der Waals surface area contributed by atoms with E-state index in [1.165, 1.54) is 0 Å². The van der Waals surface area contributed by atoms with Crippen molar-refractivity contribution < 1.29 is 4.74 Å². The summed E-state index contributed by atoms with van der Waals surface area (Å²) in [6.07, 6.45) is 6.77. The average molecular weight is 97.1 g/mol. The Hall–Kier alpha value is -0.760. The monoisotopic (exact) mass is 97.1 g/mol. The van der Waals surface area contributed by atoms with Gasteiger partial charge in [-0.1, -0.05) is 6.08 Å². The van der Waals surface area contributed by atoms with Gasteiger partial charge in [-0.3, -0.25) is 5.73 Å². The van der Waals surface area contributed by atoms with Gasteiger partial charge in [0.25, 0.3) is 0 Å². The summed E-state index contributed by atoms with van der Waals surface area (Å²) in [7, 11) is 0. The van der Waals surface area contributed by atoms with Gasteiger partial charge in [-0.05, 0) is 12.2 Å². The van der Waals surface area contributed by atoms with E-state index in [0.717, 1.165) is 0 Å². The highest BCUT2D eigenvalue weighted by Gasteiger charge is 1.92. The second-order valence-electron chi connectivity index (χ2n) is 1.31. The van der Waals surface area contributed by atoms with Gasteiger partial charge in [-0.2, -0.15) is 0 Å². The SMILES string of the molecule is NC1C=CC=CO1. The maximum absolute atomic E-state index is 5.27. The van der Waals surface area contributed by atoms with Crippen LogP contribution in [0.2, 0.25) is 0 Å². The van der Waals surface area contributed by atoms with Gasteiger partial charge in [0.15, 0.2) is 6.23 Å². The first-order chi connectivity index (χ1) is 3.39. The summed E-state index contributed by atoms with van der Waals surface area (Å²) in [5.74, 6) is 0. The first-order valence-electron chi connectivity index (χ1n) is 2.14. The number of nitrogens with two attached hydrogens (primary N) is 1. The smallest absolute Gasteiger partial charge is 0.166 e. The van der Waals surface area contributed by atoms with E-state index in [0.29, 0.717) is 0 Å². The zero-order chi connectivity index (χ0) is 5.11. The van der Waals surface area contributed by atoms with E-state index < -0.39 is 0 Å². The lowest BCUT2D eigenvalue weighted by Gasteiger charge is -2.06. The molecule has 0 amide bonds. The van der Waals surface area contributed by atoms with Crippen LogP contribution in [0.1, 0.15) is 0 Å². The summed E-state index contributed by atoms with van der Waals surface area (Å²) in [6.45, 7) is 0. The molecule has 0 aromatic heterocycles. The Morgan fingerprint density at radius 2 is 2.29 bits per heavy atom. The summed E-state index contributed by atoms with van der Waals surface area (Å²) < 4.78 is 4.79. The Balaban J connectivity index is 2.49. The van der Waals surface area contributed by atoms with Crippen LogP contribution in [0.15, 0.2) is 24.5 Å². The van der Waals surface area contributed by atoms with Crippen LogP contribution in [0.5, 0.6) is 0 Å². The van der Waals surface area contributed by atoms with E-state index >= 15 is 0 Å². The second kappa shape index (κ2) is 1.80. The molecule has 0 bridgehead atoms. The fourth-order valence-electron chi connectivity index (χ4n) is 0.400. The Bertz CT molecular complexity index is 107. The summed E-state index contributed by atoms with van der Waals surface area (Å²) in [4.78, 5) is 0. The van der Waals surface area contributed by atoms with Crippen molar-refractivity contribution in [2.45, 2.75) is 6.23 Å². The number of allylic oxidation sites excluding steroid dienone is 2. The van der Waals surface area contributed by atoms with Crippen LogP contribution in [0.25, 0.3) is 0 Å². The molecule has 1 atom stereocenters. The fourth-order valence-corrected chi connectivity index (χ4v) is 0.400. The Labute approximate surface area is 42.3 Å². The number of hydrogen-bond donors (Lipinski definition) is 1. The molecule has 0 saturated carbocycles. The van der Waals surface area contributed by atoms with Crippen LogP contribution in [0.4, 0.5) is 0 Å². The maximum Gasteiger partial charge on any atom is 0.166 e. The third-order valence-corrected chi connectivity index (χ3v) is 0.726. The predicted octanol–water partition coefficient (Wildman–Crippen LogP) is 0.371. The highest BCUT2D eigenvalue weighted by atomic mass is 16.5. The number of hydrogen-bond acceptors (Lipinski definition) is 2. The maximum atomic E-state index is 5.27. The molecule has 1 aliphatic rings. The molecular formula is C5H7NO. The summed E-state index contributed by atoms with van der Waals surface area (Å²) >= 11 is 0. The minimum absolute atomic E-state index is 0.231. The Morgan fingerprint density at radius 3 is 2.57 bits per heavy atom. The standard InChI is InChI=1S/C5H7NO/c6-5-3-1-2-4-7-5/h1-5H,6H2. The molecule has 2 N–H and O–H groups in total. The molecule has 0 spiro atoms. The minimum atomic E-state index is -0.231. The van der Waals surface area contributed by atoms with Gasteiger partial charge in [-0.15, -0.1) is 0 Å². The van der Waals surface area contributed by atoms with Crippen LogP contribution in [0, 0.1) is 0 Å². The first kappa shape index (κ1) is 4.40. The van der Waals surface area contributed by atoms with Gasteiger partial charge in [0.2, 0.25) is 0 Å². The van der Waals surface area contributed by atoms with Crippen molar-refractivity contribution in [1.82, 2.24) is 0 Å². The third kappa shape index (κ3) is 1.05. The molecule has 1 aliphatic heterocycles. The molecule has 0 radical (unpaired) electrons. The quantitative estimate of drug-likeness (QED) is 0.474. The largest absolute Gasteiger partial charge is 0.480 e. The van der Waals surface area contributed by atoms with E-state index in [4.69, 9.17) is 10.5 Å². The van der Waals surface area contributed by atoms with Crippen molar-refractivity contribution in [3.05, 3.63) is 24.5 Å². The molecule has 38 valence electrons. The van der Waals surface area contributed by atoms with Gasteiger partial charge in [-0.25, -0.2) is 0 Å². The molecule has 1 heterocycles. The van der Waals surface area contributed by atoms with Crippen molar-refractivity contribution in [2.24, 2.45) is 5.73 Å². The first-order valence-corrected chi connectivity index (χ1v) is 2.14. The lowest BCUT2D eigenvalue weighted by Crippen LogP contribution is -2.19. The van der Waals surface area contributed by atoms with E-state index in [-0.39, 0.29) is 6.23 Å². The fraction of sp³-hybridized carbons (Fsp3) is 0.200. The molecule has 1 rings (SSSR count). The van der Waals surface area contributed by atoms with E-state index in [9.17, 15) is 0 Å². The highest BCUT2D eigenvalue weighted by molar-refractivity contribution is 5.05. The van der Waals surface area contributed by atoms with E-state index in [1.54, 1.807) is 18.4 Å². The molecule has 2 nitrogen and oxygen atoms in total. The summed E-state index contributed by atoms with van der Waals surface area (Å²) in [5, 5.41) is 0. The normalized spacial score (nSPS) is 27.3. The molecule has 0 saturated heterocycles. The van der Waals surface area contributed by atoms with Gasteiger partial charge < -0.3 is 4.74 Å². The van der Waals surface area contributed by atoms with Crippen molar-refractivity contribution >= 4 is 0 Å². The molecule has 0 aromatic rings. The second-order valence-corrected chi connectivity index (χ2v) is 1.31. The molecule has 0 aliphatic carbocycles. The van der Waals surface area contributed by atoms with E-state index in [2.05, 4.69) is 0 Å². The predicted molar refractivity (Wildman–Crippen MR) is 27.3 cm³/mol. The Morgan fingerprint density at radius 1 is 1.43 bits per heavy atom. The molecule has 0 fully saturated rings. The van der Waals surface area contributed by atoms with Gasteiger partial charge >= 0.3 is 0 Å². The Kier molecular flexibility index (Phi) is 1.13. The summed E-state index contributed by atoms with van der Waals surface area (Å²) in [5.41, 5.74) is 5.27. The van der Waals surface area contributed by atoms with Gasteiger partial charge in [0, 0.05) is 0 Å². The van der Waals surface area contributed by atoms with Crippen molar-refractivity contribution in [3.8, 4) is 0 Å². The van der Waals surface area contributed by atoms with Crippen molar-refractivity contribution in [1.29, 1.82) is 0 Å². The van der Waals surface area contributed by atoms with Crippen molar-refractivity contribution in [2.75, 3.05) is 0 Å². The number of rotatable bonds is 0. The molecule has 0 aromatic carbocycles. The minimum Gasteiger partial charge on any atom is -0.480 e. The van der Waals surface area contributed by atoms with Gasteiger partial charge in [0.05, 0.1) is 6.26 Å².